The fourth-order valence-electron chi connectivity index (χ4n) is 2.88. The Kier molecular flexibility index (Phi) is 4.61. The number of hydrogen-bond acceptors (Lipinski definition) is 7. The number of fused-ring (bicyclic) bond motifs is 1. The van der Waals surface area contributed by atoms with Crippen molar-refractivity contribution in [3.05, 3.63) is 53.6 Å². The quantitative estimate of drug-likeness (QED) is 0.540. The molecule has 2 atom stereocenters. The number of ether oxygens (including phenoxy) is 2. The van der Waals surface area contributed by atoms with Gasteiger partial charge >= 0.3 is 0 Å². The van der Waals surface area contributed by atoms with Crippen molar-refractivity contribution in [1.29, 1.82) is 0 Å². The van der Waals surface area contributed by atoms with Gasteiger partial charge in [0, 0.05) is 12.2 Å². The van der Waals surface area contributed by atoms with Gasteiger partial charge in [-0.25, -0.2) is 10.9 Å². The van der Waals surface area contributed by atoms with Crippen LogP contribution in [0.2, 0.25) is 0 Å². The molecule has 2 aromatic carbocycles. The van der Waals surface area contributed by atoms with Crippen molar-refractivity contribution in [2.45, 2.75) is 25.7 Å². The van der Waals surface area contributed by atoms with Gasteiger partial charge in [-0.1, -0.05) is 23.8 Å². The Labute approximate surface area is 151 Å². The average Bonchev–Trinajstić information content (AvgIpc) is 3.30. The Morgan fingerprint density at radius 1 is 1.12 bits per heavy atom. The molecule has 2 aromatic rings. The lowest BCUT2D eigenvalue weighted by Crippen LogP contribution is -2.50. The van der Waals surface area contributed by atoms with Crippen LogP contribution < -0.4 is 36.5 Å². The van der Waals surface area contributed by atoms with E-state index in [9.17, 15) is 4.79 Å². The van der Waals surface area contributed by atoms with Crippen LogP contribution in [0, 0.1) is 6.92 Å². The number of aryl methyl sites for hydroxylation is 1. The molecule has 1 amide bonds. The number of amides is 1. The summed E-state index contributed by atoms with van der Waals surface area (Å²) in [6.45, 7) is 2.68. The number of rotatable bonds is 5. The summed E-state index contributed by atoms with van der Waals surface area (Å²) in [5.74, 6) is 1.32. The minimum Gasteiger partial charge on any atom is -0.454 e. The number of carbonyl (C=O) groups is 1. The summed E-state index contributed by atoms with van der Waals surface area (Å²) in [6.07, 6.45) is -0.283. The highest BCUT2D eigenvalue weighted by atomic mass is 16.7. The molecular formula is C18H21N5O3. The summed E-state index contributed by atoms with van der Waals surface area (Å²) >= 11 is 0. The summed E-state index contributed by atoms with van der Waals surface area (Å²) in [4.78, 5) is 12.6. The Morgan fingerprint density at radius 2 is 1.92 bits per heavy atom. The van der Waals surface area contributed by atoms with Gasteiger partial charge in [0.15, 0.2) is 11.5 Å². The van der Waals surface area contributed by atoms with E-state index in [0.29, 0.717) is 12.3 Å². The molecule has 0 saturated carbocycles. The predicted octanol–water partition coefficient (Wildman–Crippen LogP) is 0.759. The van der Waals surface area contributed by atoms with Gasteiger partial charge in [-0.3, -0.25) is 4.79 Å². The molecule has 26 heavy (non-hydrogen) atoms. The normalized spacial score (nSPS) is 20.8. The van der Waals surface area contributed by atoms with Crippen molar-refractivity contribution in [3.8, 4) is 11.5 Å². The first-order valence-corrected chi connectivity index (χ1v) is 8.44. The second kappa shape index (κ2) is 7.20. The number of hydrogen-bond donors (Lipinski definition) is 5. The maximum atomic E-state index is 12.6. The molecule has 0 radical (unpaired) electrons. The fourth-order valence-corrected chi connectivity index (χ4v) is 2.88. The molecule has 4 rings (SSSR count). The van der Waals surface area contributed by atoms with E-state index in [-0.39, 0.29) is 18.9 Å². The van der Waals surface area contributed by atoms with Gasteiger partial charge in [0.1, 0.15) is 12.2 Å². The second-order valence-corrected chi connectivity index (χ2v) is 6.28. The SMILES string of the molecule is Cc1ccc(NC2NNNC2C(=O)NCc2ccc3c(c2)OCO3)cc1. The standard InChI is InChI=1S/C18H21N5O3/c1-11-2-5-13(6-3-11)20-17-16(21-23-22-17)18(24)19-9-12-4-7-14-15(8-12)26-10-25-14/h2-8,16-17,20-23H,9-10H2,1H3,(H,19,24). The van der Waals surface area contributed by atoms with E-state index in [0.717, 1.165) is 17.0 Å². The highest BCUT2D eigenvalue weighted by Crippen LogP contribution is 2.32. The zero-order chi connectivity index (χ0) is 17.9. The first-order valence-electron chi connectivity index (χ1n) is 8.44. The van der Waals surface area contributed by atoms with E-state index in [1.165, 1.54) is 5.56 Å². The third kappa shape index (κ3) is 3.57. The Hall–Kier alpha value is -2.81. The lowest BCUT2D eigenvalue weighted by molar-refractivity contribution is -0.123. The molecule has 0 aromatic heterocycles. The molecule has 1 saturated heterocycles. The van der Waals surface area contributed by atoms with Crippen LogP contribution in [0.15, 0.2) is 42.5 Å². The minimum absolute atomic E-state index is 0.121. The van der Waals surface area contributed by atoms with Crippen LogP contribution in [-0.2, 0) is 11.3 Å². The van der Waals surface area contributed by atoms with E-state index in [1.54, 1.807) is 0 Å². The highest BCUT2D eigenvalue weighted by molar-refractivity contribution is 5.83. The molecule has 2 heterocycles. The monoisotopic (exact) mass is 355 g/mol. The van der Waals surface area contributed by atoms with Crippen LogP contribution in [0.5, 0.6) is 11.5 Å². The summed E-state index contributed by atoms with van der Waals surface area (Å²) in [5.41, 5.74) is 11.8. The average molecular weight is 355 g/mol. The van der Waals surface area contributed by atoms with Gasteiger partial charge < -0.3 is 20.1 Å². The molecule has 0 spiro atoms. The number of benzene rings is 2. The van der Waals surface area contributed by atoms with Crippen LogP contribution in [0.4, 0.5) is 5.69 Å². The van der Waals surface area contributed by atoms with Crippen molar-refractivity contribution in [2.75, 3.05) is 12.1 Å². The Balaban J connectivity index is 1.35. The largest absolute Gasteiger partial charge is 0.454 e. The molecule has 2 aliphatic heterocycles. The first-order chi connectivity index (χ1) is 12.7. The summed E-state index contributed by atoms with van der Waals surface area (Å²) in [7, 11) is 0. The molecule has 136 valence electrons. The molecule has 8 nitrogen and oxygen atoms in total. The molecule has 2 aliphatic rings. The van der Waals surface area contributed by atoms with Crippen LogP contribution in [0.25, 0.3) is 0 Å². The van der Waals surface area contributed by atoms with Crippen LogP contribution in [-0.4, -0.2) is 24.9 Å². The fraction of sp³-hybridized carbons (Fsp3) is 0.278. The van der Waals surface area contributed by atoms with Crippen molar-refractivity contribution in [1.82, 2.24) is 21.7 Å². The first kappa shape index (κ1) is 16.6. The van der Waals surface area contributed by atoms with Gasteiger partial charge in [-0.15, -0.1) is 0 Å². The summed E-state index contributed by atoms with van der Waals surface area (Å²) in [5, 5.41) is 6.24. The van der Waals surface area contributed by atoms with E-state index >= 15 is 0 Å². The zero-order valence-corrected chi connectivity index (χ0v) is 14.3. The zero-order valence-electron chi connectivity index (χ0n) is 14.3. The molecule has 0 aliphatic carbocycles. The number of hydrazine groups is 2. The van der Waals surface area contributed by atoms with E-state index < -0.39 is 6.04 Å². The van der Waals surface area contributed by atoms with Gasteiger partial charge in [0.05, 0.1) is 0 Å². The molecule has 0 bridgehead atoms. The molecule has 5 N–H and O–H groups in total. The lowest BCUT2D eigenvalue weighted by atomic mass is 10.1. The van der Waals surface area contributed by atoms with Crippen molar-refractivity contribution in [2.24, 2.45) is 0 Å². The number of carbonyl (C=O) groups excluding carboxylic acids is 1. The third-order valence-electron chi connectivity index (χ3n) is 4.35. The van der Waals surface area contributed by atoms with Gasteiger partial charge in [0.25, 0.3) is 0 Å². The van der Waals surface area contributed by atoms with Gasteiger partial charge in [-0.2, -0.15) is 5.53 Å². The van der Waals surface area contributed by atoms with Gasteiger partial charge in [0.2, 0.25) is 12.7 Å². The van der Waals surface area contributed by atoms with Crippen LogP contribution in [0.3, 0.4) is 0 Å². The summed E-state index contributed by atoms with van der Waals surface area (Å²) < 4.78 is 10.7. The molecule has 2 unspecified atom stereocenters. The molecule has 1 fully saturated rings. The Morgan fingerprint density at radius 3 is 2.77 bits per heavy atom. The van der Waals surface area contributed by atoms with Crippen LogP contribution in [0.1, 0.15) is 11.1 Å². The van der Waals surface area contributed by atoms with E-state index in [1.807, 2.05) is 49.4 Å². The van der Waals surface area contributed by atoms with Crippen molar-refractivity contribution >= 4 is 11.6 Å². The lowest BCUT2D eigenvalue weighted by Gasteiger charge is -2.20. The third-order valence-corrected chi connectivity index (χ3v) is 4.35. The highest BCUT2D eigenvalue weighted by Gasteiger charge is 2.32. The van der Waals surface area contributed by atoms with Crippen molar-refractivity contribution < 1.29 is 14.3 Å². The second-order valence-electron chi connectivity index (χ2n) is 6.28. The number of nitrogens with one attached hydrogen (secondary N) is 5. The smallest absolute Gasteiger partial charge is 0.242 e. The van der Waals surface area contributed by atoms with Gasteiger partial charge in [-0.05, 0) is 36.8 Å². The minimum atomic E-state index is -0.467. The summed E-state index contributed by atoms with van der Waals surface area (Å²) in [6, 6.07) is 13.2. The molecule has 8 heteroatoms. The van der Waals surface area contributed by atoms with E-state index in [2.05, 4.69) is 27.0 Å². The maximum Gasteiger partial charge on any atom is 0.242 e. The predicted molar refractivity (Wildman–Crippen MR) is 96.2 cm³/mol. The Bertz CT molecular complexity index is 796. The topological polar surface area (TPSA) is 95.7 Å². The van der Waals surface area contributed by atoms with Crippen molar-refractivity contribution in [3.63, 3.8) is 0 Å². The maximum absolute atomic E-state index is 12.6. The molecular weight excluding hydrogens is 334 g/mol. The van der Waals surface area contributed by atoms with E-state index in [4.69, 9.17) is 9.47 Å². The number of anilines is 1. The van der Waals surface area contributed by atoms with Crippen LogP contribution >= 0.6 is 0 Å².